The van der Waals surface area contributed by atoms with Crippen LogP contribution in [0.15, 0.2) is 48.5 Å². The lowest BCUT2D eigenvalue weighted by Crippen LogP contribution is -2.56. The van der Waals surface area contributed by atoms with E-state index >= 15 is 0 Å². The number of carboxylic acid groups (broad SMARTS) is 1. The molecule has 2 aromatic carbocycles. The van der Waals surface area contributed by atoms with E-state index in [1.165, 1.54) is 16.0 Å². The number of amides is 2. The minimum absolute atomic E-state index is 0.0286. The van der Waals surface area contributed by atoms with Crippen LogP contribution in [-0.4, -0.2) is 64.7 Å². The topological polar surface area (TPSA) is 95.9 Å². The minimum Gasteiger partial charge on any atom is -0.480 e. The van der Waals surface area contributed by atoms with Crippen molar-refractivity contribution in [2.75, 3.05) is 24.7 Å². The predicted molar refractivity (Wildman–Crippen MR) is 134 cm³/mol. The minimum atomic E-state index is -0.970. The van der Waals surface area contributed by atoms with E-state index in [4.69, 9.17) is 4.74 Å². The summed E-state index contributed by atoms with van der Waals surface area (Å²) in [5.74, 6) is -0.456. The third-order valence-corrected chi connectivity index (χ3v) is 8.45. The van der Waals surface area contributed by atoms with Gasteiger partial charge in [-0.25, -0.2) is 9.59 Å². The van der Waals surface area contributed by atoms with Crippen molar-refractivity contribution in [3.05, 3.63) is 59.7 Å². The van der Waals surface area contributed by atoms with Crippen LogP contribution in [-0.2, 0) is 14.3 Å². The molecule has 8 heteroatoms. The smallest absolute Gasteiger partial charge is 0.407 e. The second kappa shape index (κ2) is 10.3. The summed E-state index contributed by atoms with van der Waals surface area (Å²) in [4.78, 5) is 39.4. The number of ether oxygens (including phenoxy) is 1. The molecule has 1 saturated heterocycles. The highest BCUT2D eigenvalue weighted by Crippen LogP contribution is 2.44. The molecule has 0 spiro atoms. The van der Waals surface area contributed by atoms with Crippen molar-refractivity contribution >= 4 is 29.7 Å². The van der Waals surface area contributed by atoms with Gasteiger partial charge in [0.05, 0.1) is 5.92 Å². The molecule has 2 amide bonds. The molecule has 5 rings (SSSR count). The Morgan fingerprint density at radius 2 is 1.66 bits per heavy atom. The highest BCUT2D eigenvalue weighted by Gasteiger charge is 2.40. The normalized spacial score (nSPS) is 23.8. The number of carbonyl (C=O) groups is 3. The lowest BCUT2D eigenvalue weighted by Gasteiger charge is -2.39. The summed E-state index contributed by atoms with van der Waals surface area (Å²) in [5, 5.41) is 12.5. The van der Waals surface area contributed by atoms with E-state index in [0.29, 0.717) is 25.1 Å². The fourth-order valence-electron chi connectivity index (χ4n) is 5.68. The summed E-state index contributed by atoms with van der Waals surface area (Å²) in [7, 11) is 0. The third-order valence-electron chi connectivity index (χ3n) is 7.43. The summed E-state index contributed by atoms with van der Waals surface area (Å²) >= 11 is 1.56. The molecule has 2 N–H and O–H groups in total. The van der Waals surface area contributed by atoms with Crippen molar-refractivity contribution in [2.45, 2.75) is 43.7 Å². The number of hydrogen-bond acceptors (Lipinski definition) is 5. The summed E-state index contributed by atoms with van der Waals surface area (Å²) in [6.45, 7) is 0.643. The Balaban J connectivity index is 1.25. The maximum absolute atomic E-state index is 13.4. The monoisotopic (exact) mass is 494 g/mol. The maximum Gasteiger partial charge on any atom is 0.407 e. The first-order valence-electron chi connectivity index (χ1n) is 12.3. The third kappa shape index (κ3) is 4.76. The van der Waals surface area contributed by atoms with E-state index in [2.05, 4.69) is 29.6 Å². The van der Waals surface area contributed by atoms with Crippen molar-refractivity contribution in [3.8, 4) is 11.1 Å². The molecule has 1 saturated carbocycles. The molecule has 1 aliphatic heterocycles. The number of aliphatic carboxylic acids is 1. The molecule has 2 fully saturated rings. The number of thioether (sulfide) groups is 1. The molecule has 0 radical (unpaired) electrons. The predicted octanol–water partition coefficient (Wildman–Crippen LogP) is 4.11. The summed E-state index contributed by atoms with van der Waals surface area (Å²) < 4.78 is 5.70. The Bertz CT molecular complexity index is 1080. The first-order chi connectivity index (χ1) is 17.0. The molecule has 0 aromatic heterocycles. The number of nitrogens with zero attached hydrogens (tertiary/aromatic N) is 1. The van der Waals surface area contributed by atoms with Gasteiger partial charge in [-0.3, -0.25) is 4.79 Å². The van der Waals surface area contributed by atoms with Crippen LogP contribution < -0.4 is 5.32 Å². The van der Waals surface area contributed by atoms with Crippen molar-refractivity contribution in [3.63, 3.8) is 0 Å². The molecule has 35 heavy (non-hydrogen) atoms. The average Bonchev–Trinajstić information content (AvgIpc) is 3.21. The Morgan fingerprint density at radius 1 is 1.00 bits per heavy atom. The Hall–Kier alpha value is -3.00. The summed E-state index contributed by atoms with van der Waals surface area (Å²) in [6.07, 6.45) is 2.60. The number of alkyl carbamates (subject to hydrolysis) is 1. The van der Waals surface area contributed by atoms with Crippen molar-refractivity contribution in [1.29, 1.82) is 0 Å². The fraction of sp³-hybridized carbons (Fsp3) is 0.444. The van der Waals surface area contributed by atoms with E-state index in [9.17, 15) is 19.5 Å². The van der Waals surface area contributed by atoms with Gasteiger partial charge in [0, 0.05) is 30.0 Å². The fourth-order valence-corrected chi connectivity index (χ4v) is 6.71. The van der Waals surface area contributed by atoms with Crippen molar-refractivity contribution < 1.29 is 24.2 Å². The van der Waals surface area contributed by atoms with Gasteiger partial charge in [0.2, 0.25) is 5.91 Å². The Kier molecular flexibility index (Phi) is 7.00. The quantitative estimate of drug-likeness (QED) is 0.650. The van der Waals surface area contributed by atoms with E-state index in [0.717, 1.165) is 29.7 Å². The van der Waals surface area contributed by atoms with Crippen molar-refractivity contribution in [2.24, 2.45) is 5.92 Å². The molecule has 7 nitrogen and oxygen atoms in total. The van der Waals surface area contributed by atoms with Gasteiger partial charge in [0.1, 0.15) is 12.6 Å². The van der Waals surface area contributed by atoms with Gasteiger partial charge >= 0.3 is 12.1 Å². The first-order valence-corrected chi connectivity index (χ1v) is 13.4. The molecule has 0 bridgehead atoms. The second-order valence-electron chi connectivity index (χ2n) is 9.43. The molecule has 2 aliphatic carbocycles. The lowest BCUT2D eigenvalue weighted by atomic mass is 9.83. The molecule has 1 heterocycles. The highest BCUT2D eigenvalue weighted by atomic mass is 32.2. The van der Waals surface area contributed by atoms with Crippen LogP contribution in [0.5, 0.6) is 0 Å². The van der Waals surface area contributed by atoms with Crippen LogP contribution in [0.2, 0.25) is 0 Å². The van der Waals surface area contributed by atoms with E-state index in [1.807, 2.05) is 24.3 Å². The number of rotatable bonds is 5. The lowest BCUT2D eigenvalue weighted by molar-refractivity contribution is -0.152. The molecule has 3 unspecified atom stereocenters. The van der Waals surface area contributed by atoms with Gasteiger partial charge in [0.25, 0.3) is 0 Å². The van der Waals surface area contributed by atoms with Crippen LogP contribution in [0.3, 0.4) is 0 Å². The molecular weight excluding hydrogens is 464 g/mol. The number of carbonyl (C=O) groups excluding carboxylic acids is 2. The maximum atomic E-state index is 13.4. The molecule has 3 atom stereocenters. The Labute approximate surface area is 209 Å². The number of carboxylic acids is 1. The van der Waals surface area contributed by atoms with E-state index in [1.54, 1.807) is 11.8 Å². The van der Waals surface area contributed by atoms with Gasteiger partial charge in [0.15, 0.2) is 0 Å². The number of nitrogens with one attached hydrogen (secondary N) is 1. The summed E-state index contributed by atoms with van der Waals surface area (Å²) in [6, 6.07) is 15.2. The van der Waals surface area contributed by atoms with E-state index in [-0.39, 0.29) is 24.5 Å². The number of benzene rings is 2. The van der Waals surface area contributed by atoms with Gasteiger partial charge in [-0.1, -0.05) is 61.4 Å². The Morgan fingerprint density at radius 3 is 2.34 bits per heavy atom. The zero-order valence-electron chi connectivity index (χ0n) is 19.5. The summed E-state index contributed by atoms with van der Waals surface area (Å²) in [5.41, 5.74) is 4.63. The second-order valence-corrected chi connectivity index (χ2v) is 10.6. The molecule has 2 aromatic rings. The van der Waals surface area contributed by atoms with Gasteiger partial charge < -0.3 is 20.1 Å². The number of fused-ring (bicyclic) bond motifs is 3. The first kappa shape index (κ1) is 23.7. The average molecular weight is 495 g/mol. The van der Waals surface area contributed by atoms with Crippen LogP contribution >= 0.6 is 11.8 Å². The van der Waals surface area contributed by atoms with Crippen LogP contribution in [0.25, 0.3) is 11.1 Å². The number of hydrogen-bond donors (Lipinski definition) is 2. The largest absolute Gasteiger partial charge is 0.480 e. The zero-order chi connectivity index (χ0) is 24.4. The molecular formula is C27H30N2O5S. The molecule has 3 aliphatic rings. The standard InChI is InChI=1S/C27H30N2O5S/c30-25(29-13-14-35-16-24(29)26(31)32)21-11-5-6-12-23(21)28-27(33)34-15-22-19-9-3-1-7-17(19)18-8-2-4-10-20(18)22/h1-4,7-10,21-24H,5-6,11-16H2,(H,28,33)(H,31,32). The molecule has 184 valence electrons. The van der Waals surface area contributed by atoms with Crippen LogP contribution in [0, 0.1) is 5.92 Å². The van der Waals surface area contributed by atoms with Crippen LogP contribution in [0.4, 0.5) is 4.79 Å². The zero-order valence-corrected chi connectivity index (χ0v) is 20.3. The van der Waals surface area contributed by atoms with E-state index < -0.39 is 24.0 Å². The van der Waals surface area contributed by atoms with Gasteiger partial charge in [-0.2, -0.15) is 11.8 Å². The van der Waals surface area contributed by atoms with Gasteiger partial charge in [-0.05, 0) is 35.1 Å². The van der Waals surface area contributed by atoms with Crippen LogP contribution in [0.1, 0.15) is 42.7 Å². The van der Waals surface area contributed by atoms with Crippen molar-refractivity contribution in [1.82, 2.24) is 10.2 Å². The SMILES string of the molecule is O=C(NC1CCCCC1C(=O)N1CCSCC1C(=O)O)OCC1c2ccccc2-c2ccccc21. The highest BCUT2D eigenvalue weighted by molar-refractivity contribution is 7.99. The van der Waals surface area contributed by atoms with Gasteiger partial charge in [-0.15, -0.1) is 0 Å².